The number of rotatable bonds is 12. The maximum atomic E-state index is 13.7. The Bertz CT molecular complexity index is 1600. The minimum Gasteiger partial charge on any atom is -0.493 e. The van der Waals surface area contributed by atoms with Gasteiger partial charge in [-0.3, -0.25) is 0 Å². The Morgan fingerprint density at radius 1 is 0.733 bits per heavy atom. The van der Waals surface area contributed by atoms with E-state index in [2.05, 4.69) is 10.6 Å². The second-order valence-electron chi connectivity index (χ2n) is 9.34. The first-order valence-electron chi connectivity index (χ1n) is 13.6. The smallest absolute Gasteiger partial charge is 0.344 e. The van der Waals surface area contributed by atoms with Crippen LogP contribution >= 0.6 is 0 Å². The van der Waals surface area contributed by atoms with Crippen LogP contribution in [0, 0.1) is 11.6 Å². The molecule has 2 amide bonds. The van der Waals surface area contributed by atoms with Crippen LogP contribution in [0.2, 0.25) is 0 Å². The number of ether oxygens (including phenoxy) is 5. The zero-order valence-corrected chi connectivity index (χ0v) is 24.6. The van der Waals surface area contributed by atoms with E-state index in [9.17, 15) is 23.2 Å². The van der Waals surface area contributed by atoms with Crippen molar-refractivity contribution in [2.75, 3.05) is 38.1 Å². The van der Waals surface area contributed by atoms with Crippen molar-refractivity contribution in [3.8, 4) is 17.2 Å². The number of benzene rings is 4. The lowest BCUT2D eigenvalue weighted by molar-refractivity contribution is -0.145. The van der Waals surface area contributed by atoms with Crippen LogP contribution in [0.4, 0.5) is 25.0 Å². The molecule has 0 radical (unpaired) electrons. The summed E-state index contributed by atoms with van der Waals surface area (Å²) in [5.41, 5.74) is 1.68. The zero-order chi connectivity index (χ0) is 32.3. The molecule has 0 aliphatic rings. The van der Waals surface area contributed by atoms with Gasteiger partial charge in [-0.05, 0) is 72.6 Å². The third-order valence-corrected chi connectivity index (χ3v) is 6.31. The highest BCUT2D eigenvalue weighted by molar-refractivity contribution is 6.01. The Morgan fingerprint density at radius 2 is 1.29 bits per heavy atom. The maximum Gasteiger partial charge on any atom is 0.344 e. The largest absolute Gasteiger partial charge is 0.493 e. The molecule has 4 aromatic carbocycles. The number of nitrogens with one attached hydrogen (secondary N) is 2. The van der Waals surface area contributed by atoms with Crippen LogP contribution in [0.15, 0.2) is 84.9 Å². The van der Waals surface area contributed by atoms with E-state index in [1.54, 1.807) is 13.0 Å². The number of hydrogen-bond donors (Lipinski definition) is 2. The van der Waals surface area contributed by atoms with E-state index >= 15 is 0 Å². The average molecular weight is 621 g/mol. The molecule has 0 saturated carbocycles. The monoisotopic (exact) mass is 620 g/mol. The number of amides is 2. The van der Waals surface area contributed by atoms with Crippen LogP contribution < -0.4 is 24.8 Å². The molecule has 12 heteroatoms. The van der Waals surface area contributed by atoms with Gasteiger partial charge in [0.25, 0.3) is 0 Å². The van der Waals surface area contributed by atoms with Crippen LogP contribution in [0.5, 0.6) is 17.2 Å². The summed E-state index contributed by atoms with van der Waals surface area (Å²) in [7, 11) is 2.61. The number of carbonyl (C=O) groups is 3. The molecule has 2 N–H and O–H groups in total. The van der Waals surface area contributed by atoms with Gasteiger partial charge in [0.2, 0.25) is 0 Å². The minimum atomic E-state index is -0.837. The molecule has 0 aliphatic heterocycles. The van der Waals surface area contributed by atoms with Crippen LogP contribution in [-0.4, -0.2) is 45.4 Å². The van der Waals surface area contributed by atoms with E-state index < -0.39 is 35.7 Å². The fourth-order valence-corrected chi connectivity index (χ4v) is 4.21. The first kappa shape index (κ1) is 32.3. The number of esters is 2. The number of methoxy groups -OCH3 is 2. The SMILES string of the molecule is CCOC(=O)COc1ccc(NC(=O)Nc2ccc(OC(c3ccc(F)cc3)c3ccc(F)cc3)c(C(=O)OC)c2)cc1OC. The molecular formula is C33H30F2N2O8. The van der Waals surface area contributed by atoms with E-state index in [0.717, 1.165) is 0 Å². The summed E-state index contributed by atoms with van der Waals surface area (Å²) in [5, 5.41) is 5.30. The van der Waals surface area contributed by atoms with Gasteiger partial charge >= 0.3 is 18.0 Å². The third kappa shape index (κ3) is 8.69. The molecule has 4 rings (SSSR count). The number of carbonyl (C=O) groups excluding carboxylic acids is 3. The van der Waals surface area contributed by atoms with Gasteiger partial charge in [0.1, 0.15) is 29.1 Å². The van der Waals surface area contributed by atoms with Crippen molar-refractivity contribution in [2.24, 2.45) is 0 Å². The van der Waals surface area contributed by atoms with Gasteiger partial charge in [-0.15, -0.1) is 0 Å². The number of anilines is 2. The summed E-state index contributed by atoms with van der Waals surface area (Å²) in [5.74, 6) is -1.53. The van der Waals surface area contributed by atoms with Gasteiger partial charge in [0.05, 0.1) is 20.8 Å². The lowest BCUT2D eigenvalue weighted by atomic mass is 10.0. The average Bonchev–Trinajstić information content (AvgIpc) is 3.04. The summed E-state index contributed by atoms with van der Waals surface area (Å²) < 4.78 is 54.1. The third-order valence-electron chi connectivity index (χ3n) is 6.31. The molecule has 0 fully saturated rings. The van der Waals surface area contributed by atoms with Gasteiger partial charge in [0, 0.05) is 17.4 Å². The van der Waals surface area contributed by atoms with Crippen molar-refractivity contribution in [3.63, 3.8) is 0 Å². The molecule has 0 spiro atoms. The molecule has 4 aromatic rings. The fraction of sp³-hybridized carbons (Fsp3) is 0.182. The normalized spacial score (nSPS) is 10.5. The lowest BCUT2D eigenvalue weighted by Crippen LogP contribution is -2.20. The molecule has 0 heterocycles. The van der Waals surface area contributed by atoms with Crippen LogP contribution in [0.1, 0.15) is 34.5 Å². The summed E-state index contributed by atoms with van der Waals surface area (Å²) >= 11 is 0. The topological polar surface area (TPSA) is 121 Å². The Kier molecular flexibility index (Phi) is 10.9. The predicted octanol–water partition coefficient (Wildman–Crippen LogP) is 6.51. The second kappa shape index (κ2) is 15.2. The summed E-state index contributed by atoms with van der Waals surface area (Å²) in [6.45, 7) is 1.60. The molecule has 10 nitrogen and oxygen atoms in total. The molecule has 0 unspecified atom stereocenters. The Hall–Kier alpha value is -5.65. The molecular weight excluding hydrogens is 590 g/mol. The van der Waals surface area contributed by atoms with Crippen molar-refractivity contribution >= 4 is 29.3 Å². The van der Waals surface area contributed by atoms with Crippen molar-refractivity contribution in [2.45, 2.75) is 13.0 Å². The maximum absolute atomic E-state index is 13.7. The quantitative estimate of drug-likeness (QED) is 0.172. The highest BCUT2D eigenvalue weighted by Gasteiger charge is 2.22. The molecule has 0 aromatic heterocycles. The molecule has 0 atom stereocenters. The lowest BCUT2D eigenvalue weighted by Gasteiger charge is -2.22. The second-order valence-corrected chi connectivity index (χ2v) is 9.34. The molecule has 0 aliphatic carbocycles. The van der Waals surface area contributed by atoms with Gasteiger partial charge in [-0.1, -0.05) is 24.3 Å². The van der Waals surface area contributed by atoms with Crippen LogP contribution in [0.3, 0.4) is 0 Å². The minimum absolute atomic E-state index is 0.00528. The zero-order valence-electron chi connectivity index (χ0n) is 24.6. The summed E-state index contributed by atoms with van der Waals surface area (Å²) in [6.07, 6.45) is -0.837. The van der Waals surface area contributed by atoms with Gasteiger partial charge in [-0.25, -0.2) is 23.2 Å². The number of hydrogen-bond acceptors (Lipinski definition) is 8. The van der Waals surface area contributed by atoms with Gasteiger partial charge < -0.3 is 34.3 Å². The van der Waals surface area contributed by atoms with E-state index in [1.165, 1.54) is 93.1 Å². The summed E-state index contributed by atoms with van der Waals surface area (Å²) in [4.78, 5) is 37.2. The van der Waals surface area contributed by atoms with Gasteiger partial charge in [0.15, 0.2) is 18.1 Å². The van der Waals surface area contributed by atoms with E-state index in [4.69, 9.17) is 23.7 Å². The first-order chi connectivity index (χ1) is 21.7. The predicted molar refractivity (Wildman–Crippen MR) is 161 cm³/mol. The standard InChI is InChI=1S/C33H30F2N2O8/c1-4-43-30(38)19-44-28-16-14-25(18-29(28)41-2)37-33(40)36-24-13-15-27(26(17-24)32(39)42-3)45-31(20-5-9-22(34)10-6-20)21-7-11-23(35)12-8-21/h5-18,31H,4,19H2,1-3H3,(H2,36,37,40). The van der Waals surface area contributed by atoms with Crippen molar-refractivity contribution in [3.05, 3.63) is 113 Å². The number of halogens is 2. The van der Waals surface area contributed by atoms with E-state index in [1.807, 2.05) is 0 Å². The Labute approximate surface area is 257 Å². The molecule has 234 valence electrons. The van der Waals surface area contributed by atoms with Crippen LogP contribution in [-0.2, 0) is 14.3 Å². The van der Waals surface area contributed by atoms with Gasteiger partial charge in [-0.2, -0.15) is 0 Å². The van der Waals surface area contributed by atoms with E-state index in [0.29, 0.717) is 16.8 Å². The molecule has 0 saturated heterocycles. The highest BCUT2D eigenvalue weighted by Crippen LogP contribution is 2.33. The summed E-state index contributed by atoms with van der Waals surface area (Å²) in [6, 6.07) is 19.4. The van der Waals surface area contributed by atoms with Crippen LogP contribution in [0.25, 0.3) is 0 Å². The number of urea groups is 1. The molecule has 0 bridgehead atoms. The highest BCUT2D eigenvalue weighted by atomic mass is 19.1. The van der Waals surface area contributed by atoms with Crippen molar-refractivity contribution < 1.29 is 46.8 Å². The van der Waals surface area contributed by atoms with E-state index in [-0.39, 0.29) is 41.7 Å². The molecule has 45 heavy (non-hydrogen) atoms. The fourth-order valence-electron chi connectivity index (χ4n) is 4.21. The Morgan fingerprint density at radius 3 is 1.82 bits per heavy atom. The van der Waals surface area contributed by atoms with Crippen molar-refractivity contribution in [1.82, 2.24) is 0 Å². The first-order valence-corrected chi connectivity index (χ1v) is 13.6. The Balaban J connectivity index is 1.53. The van der Waals surface area contributed by atoms with Crippen molar-refractivity contribution in [1.29, 1.82) is 0 Å².